The lowest BCUT2D eigenvalue weighted by molar-refractivity contribution is 0.271. The van der Waals surface area contributed by atoms with Crippen molar-refractivity contribution in [2.45, 2.75) is 13.2 Å². The molecule has 0 unspecified atom stereocenters. The predicted molar refractivity (Wildman–Crippen MR) is 51.5 cm³/mol. The molecule has 0 saturated heterocycles. The van der Waals surface area contributed by atoms with Gasteiger partial charge in [-0.15, -0.1) is 0 Å². The van der Waals surface area contributed by atoms with Crippen molar-refractivity contribution in [1.82, 2.24) is 14.5 Å². The first-order valence-corrected chi connectivity index (χ1v) is 4.39. The molecule has 4 nitrogen and oxygen atoms in total. The van der Waals surface area contributed by atoms with Crippen LogP contribution >= 0.6 is 0 Å². The Hall–Kier alpha value is -1.68. The van der Waals surface area contributed by atoms with Gasteiger partial charge in [-0.2, -0.15) is 0 Å². The van der Waals surface area contributed by atoms with E-state index in [9.17, 15) is 0 Å². The maximum absolute atomic E-state index is 9.01. The lowest BCUT2D eigenvalue weighted by Gasteiger charge is -2.05. The van der Waals surface area contributed by atoms with Gasteiger partial charge >= 0.3 is 0 Å². The first-order chi connectivity index (χ1) is 6.90. The number of hydrogen-bond donors (Lipinski definition) is 1. The summed E-state index contributed by atoms with van der Waals surface area (Å²) < 4.78 is 1.91. The van der Waals surface area contributed by atoms with Gasteiger partial charge in [0.25, 0.3) is 0 Å². The third-order valence-electron chi connectivity index (χ3n) is 2.06. The van der Waals surface area contributed by atoms with E-state index < -0.39 is 0 Å². The van der Waals surface area contributed by atoms with Crippen LogP contribution in [0.2, 0.25) is 0 Å². The minimum Gasteiger partial charge on any atom is -0.390 e. The molecule has 4 heteroatoms. The molecular formula is C10H11N3O. The van der Waals surface area contributed by atoms with Crippen LogP contribution in [0.15, 0.2) is 37.1 Å². The van der Waals surface area contributed by atoms with Crippen molar-refractivity contribution >= 4 is 0 Å². The molecule has 14 heavy (non-hydrogen) atoms. The molecule has 0 aliphatic rings. The van der Waals surface area contributed by atoms with Gasteiger partial charge in [-0.05, 0) is 17.7 Å². The molecule has 0 aliphatic heterocycles. The van der Waals surface area contributed by atoms with E-state index in [-0.39, 0.29) is 6.61 Å². The zero-order chi connectivity index (χ0) is 9.80. The summed E-state index contributed by atoms with van der Waals surface area (Å²) in [5.41, 5.74) is 1.97. The van der Waals surface area contributed by atoms with Crippen LogP contribution in [0, 0.1) is 0 Å². The van der Waals surface area contributed by atoms with Gasteiger partial charge in [0.1, 0.15) is 0 Å². The van der Waals surface area contributed by atoms with Gasteiger partial charge < -0.3 is 9.67 Å². The highest BCUT2D eigenvalue weighted by Gasteiger charge is 2.00. The number of rotatable bonds is 3. The van der Waals surface area contributed by atoms with E-state index in [1.54, 1.807) is 24.9 Å². The number of imidazole rings is 1. The molecule has 0 aliphatic carbocycles. The van der Waals surface area contributed by atoms with E-state index in [0.29, 0.717) is 0 Å². The third kappa shape index (κ3) is 1.80. The lowest BCUT2D eigenvalue weighted by atomic mass is 10.2. The standard InChI is InChI=1S/C10H11N3O/c14-7-10-5-12-8-13(10)6-9-1-3-11-4-2-9/h1-5,8,14H,6-7H2. The molecule has 2 rings (SSSR count). The number of pyridine rings is 1. The molecule has 0 saturated carbocycles. The number of hydrogen-bond acceptors (Lipinski definition) is 3. The number of aliphatic hydroxyl groups excluding tert-OH is 1. The van der Waals surface area contributed by atoms with E-state index in [2.05, 4.69) is 9.97 Å². The van der Waals surface area contributed by atoms with E-state index in [0.717, 1.165) is 17.8 Å². The van der Waals surface area contributed by atoms with Crippen LogP contribution in [-0.4, -0.2) is 19.6 Å². The summed E-state index contributed by atoms with van der Waals surface area (Å²) in [6.07, 6.45) is 6.89. The van der Waals surface area contributed by atoms with Gasteiger partial charge in [0.2, 0.25) is 0 Å². The molecule has 2 aromatic heterocycles. The minimum atomic E-state index is 0.0189. The van der Waals surface area contributed by atoms with Crippen LogP contribution in [0.5, 0.6) is 0 Å². The second kappa shape index (κ2) is 4.02. The predicted octanol–water partition coefficient (Wildman–Crippen LogP) is 0.819. The Morgan fingerprint density at radius 2 is 2.00 bits per heavy atom. The van der Waals surface area contributed by atoms with Crippen molar-refractivity contribution in [3.63, 3.8) is 0 Å². The fourth-order valence-corrected chi connectivity index (χ4v) is 1.31. The van der Waals surface area contributed by atoms with Crippen LogP contribution in [0.25, 0.3) is 0 Å². The summed E-state index contributed by atoms with van der Waals surface area (Å²) in [7, 11) is 0. The molecule has 0 atom stereocenters. The van der Waals surface area contributed by atoms with E-state index in [1.165, 1.54) is 0 Å². The first-order valence-electron chi connectivity index (χ1n) is 4.39. The normalized spacial score (nSPS) is 10.4. The summed E-state index contributed by atoms with van der Waals surface area (Å²) in [6.45, 7) is 0.740. The topological polar surface area (TPSA) is 50.9 Å². The van der Waals surface area contributed by atoms with Gasteiger partial charge in [0.05, 0.1) is 24.8 Å². The van der Waals surface area contributed by atoms with E-state index in [4.69, 9.17) is 5.11 Å². The van der Waals surface area contributed by atoms with Crippen LogP contribution in [0.1, 0.15) is 11.3 Å². The van der Waals surface area contributed by atoms with Gasteiger partial charge in [0, 0.05) is 18.9 Å². The zero-order valence-electron chi connectivity index (χ0n) is 7.67. The van der Waals surface area contributed by atoms with Crippen molar-refractivity contribution in [2.24, 2.45) is 0 Å². The van der Waals surface area contributed by atoms with Gasteiger partial charge in [0.15, 0.2) is 0 Å². The van der Waals surface area contributed by atoms with Crippen molar-refractivity contribution in [1.29, 1.82) is 0 Å². The fourth-order valence-electron chi connectivity index (χ4n) is 1.31. The van der Waals surface area contributed by atoms with Crippen molar-refractivity contribution in [3.05, 3.63) is 48.3 Å². The largest absolute Gasteiger partial charge is 0.390 e. The maximum atomic E-state index is 9.01. The molecule has 0 spiro atoms. The monoisotopic (exact) mass is 189 g/mol. The Labute approximate surface area is 81.9 Å². The number of aromatic nitrogens is 3. The van der Waals surface area contributed by atoms with Gasteiger partial charge in [-0.3, -0.25) is 4.98 Å². The van der Waals surface area contributed by atoms with E-state index >= 15 is 0 Å². The zero-order valence-corrected chi connectivity index (χ0v) is 7.67. The number of nitrogens with zero attached hydrogens (tertiary/aromatic N) is 3. The lowest BCUT2D eigenvalue weighted by Crippen LogP contribution is -2.02. The highest BCUT2D eigenvalue weighted by Crippen LogP contribution is 2.04. The van der Waals surface area contributed by atoms with Crippen LogP contribution < -0.4 is 0 Å². The Balaban J connectivity index is 2.19. The van der Waals surface area contributed by atoms with Gasteiger partial charge in [-0.1, -0.05) is 0 Å². The van der Waals surface area contributed by atoms with Crippen LogP contribution in [0.4, 0.5) is 0 Å². The number of aliphatic hydroxyl groups is 1. The summed E-state index contributed by atoms with van der Waals surface area (Å²) in [6, 6.07) is 3.89. The Kier molecular flexibility index (Phi) is 2.55. The van der Waals surface area contributed by atoms with Crippen molar-refractivity contribution < 1.29 is 5.11 Å². The third-order valence-corrected chi connectivity index (χ3v) is 2.06. The second-order valence-corrected chi connectivity index (χ2v) is 3.03. The summed E-state index contributed by atoms with van der Waals surface area (Å²) in [4.78, 5) is 7.92. The molecule has 0 radical (unpaired) electrons. The Morgan fingerprint density at radius 3 is 2.71 bits per heavy atom. The molecule has 0 fully saturated rings. The molecular weight excluding hydrogens is 178 g/mol. The molecule has 2 heterocycles. The average molecular weight is 189 g/mol. The minimum absolute atomic E-state index is 0.0189. The fraction of sp³-hybridized carbons (Fsp3) is 0.200. The van der Waals surface area contributed by atoms with Crippen LogP contribution in [0.3, 0.4) is 0 Å². The van der Waals surface area contributed by atoms with Crippen molar-refractivity contribution in [3.8, 4) is 0 Å². The van der Waals surface area contributed by atoms with E-state index in [1.807, 2.05) is 16.7 Å². The van der Waals surface area contributed by atoms with Crippen molar-refractivity contribution in [2.75, 3.05) is 0 Å². The molecule has 2 aromatic rings. The molecule has 0 amide bonds. The molecule has 0 aromatic carbocycles. The molecule has 72 valence electrons. The smallest absolute Gasteiger partial charge is 0.0952 e. The maximum Gasteiger partial charge on any atom is 0.0952 e. The summed E-state index contributed by atoms with van der Waals surface area (Å²) in [5.74, 6) is 0. The highest BCUT2D eigenvalue weighted by molar-refractivity contribution is 5.11. The highest BCUT2D eigenvalue weighted by atomic mass is 16.3. The molecule has 0 bridgehead atoms. The van der Waals surface area contributed by atoms with Crippen LogP contribution in [-0.2, 0) is 13.2 Å². The van der Waals surface area contributed by atoms with Gasteiger partial charge in [-0.25, -0.2) is 4.98 Å². The first kappa shape index (κ1) is 8.90. The Bertz CT molecular complexity index is 397. The summed E-state index contributed by atoms with van der Waals surface area (Å²) >= 11 is 0. The quantitative estimate of drug-likeness (QED) is 0.777. The molecule has 1 N–H and O–H groups in total. The summed E-state index contributed by atoms with van der Waals surface area (Å²) in [5, 5.41) is 9.01. The Morgan fingerprint density at radius 1 is 1.21 bits per heavy atom. The SMILES string of the molecule is OCc1cncn1Cc1ccncc1. The average Bonchev–Trinajstić information content (AvgIpc) is 2.67. The second-order valence-electron chi connectivity index (χ2n) is 3.03.